The summed E-state index contributed by atoms with van der Waals surface area (Å²) in [6.45, 7) is 5.83. The van der Waals surface area contributed by atoms with Gasteiger partial charge in [-0.05, 0) is 26.3 Å². The van der Waals surface area contributed by atoms with E-state index in [2.05, 4.69) is 10.3 Å². The summed E-state index contributed by atoms with van der Waals surface area (Å²) in [6, 6.07) is 1.49. The van der Waals surface area contributed by atoms with Gasteiger partial charge in [-0.3, -0.25) is 9.78 Å². The fourth-order valence-electron chi connectivity index (χ4n) is 1.57. The van der Waals surface area contributed by atoms with Crippen LogP contribution in [-0.2, 0) is 9.53 Å². The zero-order valence-electron chi connectivity index (χ0n) is 12.1. The van der Waals surface area contributed by atoms with Gasteiger partial charge in [-0.25, -0.2) is 4.79 Å². The lowest BCUT2D eigenvalue weighted by Crippen LogP contribution is -2.36. The Balaban J connectivity index is 2.61. The third-order valence-electron chi connectivity index (χ3n) is 2.81. The summed E-state index contributed by atoms with van der Waals surface area (Å²) in [5, 5.41) is 2.71. The van der Waals surface area contributed by atoms with Gasteiger partial charge in [-0.15, -0.1) is 0 Å². The molecular formula is C14H21N3O3. The summed E-state index contributed by atoms with van der Waals surface area (Å²) in [4.78, 5) is 27.7. The molecule has 0 saturated heterocycles. The van der Waals surface area contributed by atoms with Crippen molar-refractivity contribution in [1.29, 1.82) is 0 Å². The van der Waals surface area contributed by atoms with Gasteiger partial charge in [0.1, 0.15) is 0 Å². The second-order valence-corrected chi connectivity index (χ2v) is 4.59. The molecule has 0 aliphatic carbocycles. The zero-order valence-corrected chi connectivity index (χ0v) is 12.1. The highest BCUT2D eigenvalue weighted by atomic mass is 16.5. The highest BCUT2D eigenvalue weighted by Gasteiger charge is 2.20. The number of rotatable bonds is 6. The molecule has 1 heterocycles. The molecule has 20 heavy (non-hydrogen) atoms. The van der Waals surface area contributed by atoms with Gasteiger partial charge in [-0.1, -0.05) is 13.3 Å². The summed E-state index contributed by atoms with van der Waals surface area (Å²) in [7, 11) is 0. The second kappa shape index (κ2) is 7.47. The largest absolute Gasteiger partial charge is 0.449 e. The average molecular weight is 279 g/mol. The molecule has 0 fully saturated rings. The predicted molar refractivity (Wildman–Crippen MR) is 76.2 cm³/mol. The van der Waals surface area contributed by atoms with Crippen LogP contribution in [0.4, 0.5) is 5.69 Å². The minimum Gasteiger partial charge on any atom is -0.449 e. The molecule has 0 spiro atoms. The van der Waals surface area contributed by atoms with Crippen molar-refractivity contribution in [3.63, 3.8) is 0 Å². The fourth-order valence-corrected chi connectivity index (χ4v) is 1.57. The third kappa shape index (κ3) is 4.53. The number of amides is 1. The maximum absolute atomic E-state index is 12.0. The normalized spacial score (nSPS) is 11.8. The molecule has 1 rings (SSSR count). The van der Waals surface area contributed by atoms with E-state index in [1.807, 2.05) is 6.92 Å². The number of aromatic nitrogens is 1. The molecule has 0 aliphatic rings. The molecule has 1 aromatic rings. The first kappa shape index (κ1) is 15.9. The maximum Gasteiger partial charge on any atom is 0.340 e. The number of carbonyl (C=O) groups excluding carboxylic acids is 2. The lowest BCUT2D eigenvalue weighted by Gasteiger charge is -2.14. The van der Waals surface area contributed by atoms with E-state index in [1.165, 1.54) is 19.2 Å². The number of ether oxygens (including phenoxy) is 1. The molecule has 1 aromatic heterocycles. The molecule has 0 aromatic carbocycles. The van der Waals surface area contributed by atoms with Gasteiger partial charge in [0.15, 0.2) is 6.10 Å². The van der Waals surface area contributed by atoms with Crippen molar-refractivity contribution in [2.75, 3.05) is 12.3 Å². The van der Waals surface area contributed by atoms with Crippen LogP contribution in [0.1, 0.15) is 42.7 Å². The van der Waals surface area contributed by atoms with Crippen molar-refractivity contribution in [3.05, 3.63) is 23.5 Å². The number of pyridine rings is 1. The Kier molecular flexibility index (Phi) is 5.96. The molecule has 6 nitrogen and oxygen atoms in total. The average Bonchev–Trinajstić information content (AvgIpc) is 2.41. The van der Waals surface area contributed by atoms with Crippen molar-refractivity contribution >= 4 is 17.6 Å². The molecule has 0 aliphatic heterocycles. The van der Waals surface area contributed by atoms with Gasteiger partial charge in [0.25, 0.3) is 5.91 Å². The summed E-state index contributed by atoms with van der Waals surface area (Å²) in [5.74, 6) is -0.901. The van der Waals surface area contributed by atoms with Gasteiger partial charge in [0.05, 0.1) is 23.1 Å². The number of esters is 1. The minimum absolute atomic E-state index is 0.276. The van der Waals surface area contributed by atoms with Gasteiger partial charge < -0.3 is 15.8 Å². The number of nitrogens with zero attached hydrogens (tertiary/aromatic N) is 1. The van der Waals surface area contributed by atoms with E-state index < -0.39 is 12.1 Å². The summed E-state index contributed by atoms with van der Waals surface area (Å²) >= 11 is 0. The summed E-state index contributed by atoms with van der Waals surface area (Å²) in [6.07, 6.45) is 2.50. The molecule has 1 amide bonds. The smallest absolute Gasteiger partial charge is 0.340 e. The Bertz CT molecular complexity index is 489. The van der Waals surface area contributed by atoms with E-state index >= 15 is 0 Å². The quantitative estimate of drug-likeness (QED) is 0.607. The molecular weight excluding hydrogens is 258 g/mol. The molecule has 110 valence electrons. The zero-order chi connectivity index (χ0) is 15.1. The Morgan fingerprint density at radius 1 is 1.50 bits per heavy atom. The molecule has 0 saturated carbocycles. The Hall–Kier alpha value is -2.11. The van der Waals surface area contributed by atoms with Crippen LogP contribution in [0.25, 0.3) is 0 Å². The van der Waals surface area contributed by atoms with E-state index in [1.54, 1.807) is 6.92 Å². The number of nitrogens with one attached hydrogen (secondary N) is 1. The first-order valence-corrected chi connectivity index (χ1v) is 6.66. The number of nitrogens with two attached hydrogens (primary N) is 1. The standard InChI is InChI=1S/C14H21N3O3/c1-4-5-6-16-13(18)10(3)20-14(19)12-7-11(15)8-17-9(12)2/h7-8,10H,4-6,15H2,1-3H3,(H,16,18). The van der Waals surface area contributed by atoms with Crippen LogP contribution in [0.2, 0.25) is 0 Å². The van der Waals surface area contributed by atoms with Gasteiger partial charge in [0.2, 0.25) is 0 Å². The van der Waals surface area contributed by atoms with Crippen molar-refractivity contribution in [3.8, 4) is 0 Å². The number of hydrogen-bond donors (Lipinski definition) is 2. The van der Waals surface area contributed by atoms with E-state index in [0.717, 1.165) is 12.8 Å². The van der Waals surface area contributed by atoms with Crippen molar-refractivity contribution in [2.45, 2.75) is 39.7 Å². The van der Waals surface area contributed by atoms with Crippen LogP contribution in [0.15, 0.2) is 12.3 Å². The lowest BCUT2D eigenvalue weighted by atomic mass is 10.2. The van der Waals surface area contributed by atoms with Crippen molar-refractivity contribution in [2.24, 2.45) is 0 Å². The minimum atomic E-state index is -0.847. The fraction of sp³-hybridized carbons (Fsp3) is 0.500. The van der Waals surface area contributed by atoms with Gasteiger partial charge >= 0.3 is 5.97 Å². The number of anilines is 1. The predicted octanol–water partition coefficient (Wildman–Crippen LogP) is 1.43. The van der Waals surface area contributed by atoms with Gasteiger partial charge in [-0.2, -0.15) is 0 Å². The van der Waals surface area contributed by atoms with Crippen LogP contribution in [0.3, 0.4) is 0 Å². The monoisotopic (exact) mass is 279 g/mol. The van der Waals surface area contributed by atoms with E-state index in [9.17, 15) is 9.59 Å². The Morgan fingerprint density at radius 3 is 2.85 bits per heavy atom. The molecule has 6 heteroatoms. The van der Waals surface area contributed by atoms with Crippen LogP contribution in [-0.4, -0.2) is 29.5 Å². The summed E-state index contributed by atoms with van der Waals surface area (Å²) in [5.41, 5.74) is 6.76. The first-order chi connectivity index (χ1) is 9.45. The highest BCUT2D eigenvalue weighted by molar-refractivity contribution is 5.93. The molecule has 3 N–H and O–H groups in total. The highest BCUT2D eigenvalue weighted by Crippen LogP contribution is 2.12. The van der Waals surface area contributed by atoms with Crippen LogP contribution in [0.5, 0.6) is 0 Å². The number of hydrogen-bond acceptors (Lipinski definition) is 5. The Morgan fingerprint density at radius 2 is 2.20 bits per heavy atom. The third-order valence-corrected chi connectivity index (χ3v) is 2.81. The molecule has 1 atom stereocenters. The van der Waals surface area contributed by atoms with Crippen LogP contribution < -0.4 is 11.1 Å². The number of nitrogen functional groups attached to an aromatic ring is 1. The number of unbranched alkanes of at least 4 members (excludes halogenated alkanes) is 1. The lowest BCUT2D eigenvalue weighted by molar-refractivity contribution is -0.129. The molecule has 0 bridgehead atoms. The first-order valence-electron chi connectivity index (χ1n) is 6.66. The van der Waals surface area contributed by atoms with E-state index in [0.29, 0.717) is 17.9 Å². The topological polar surface area (TPSA) is 94.3 Å². The molecule has 0 radical (unpaired) electrons. The van der Waals surface area contributed by atoms with Crippen molar-refractivity contribution < 1.29 is 14.3 Å². The van der Waals surface area contributed by atoms with Gasteiger partial charge in [0, 0.05) is 6.54 Å². The van der Waals surface area contributed by atoms with Crippen LogP contribution in [0, 0.1) is 6.92 Å². The number of carbonyl (C=O) groups is 2. The number of aryl methyl sites for hydroxylation is 1. The summed E-state index contributed by atoms with van der Waals surface area (Å²) < 4.78 is 5.12. The van der Waals surface area contributed by atoms with Crippen molar-refractivity contribution in [1.82, 2.24) is 10.3 Å². The molecule has 1 unspecified atom stereocenters. The van der Waals surface area contributed by atoms with E-state index in [-0.39, 0.29) is 11.5 Å². The Labute approximate surface area is 118 Å². The van der Waals surface area contributed by atoms with Crippen LogP contribution >= 0.6 is 0 Å². The maximum atomic E-state index is 12.0. The van der Waals surface area contributed by atoms with E-state index in [4.69, 9.17) is 10.5 Å². The SMILES string of the molecule is CCCCNC(=O)C(C)OC(=O)c1cc(N)cnc1C. The second-order valence-electron chi connectivity index (χ2n) is 4.59.